The van der Waals surface area contributed by atoms with Crippen LogP contribution in [0.4, 0.5) is 5.69 Å². The van der Waals surface area contributed by atoms with E-state index in [9.17, 15) is 0 Å². The van der Waals surface area contributed by atoms with Crippen molar-refractivity contribution < 1.29 is 0 Å². The van der Waals surface area contributed by atoms with E-state index < -0.39 is 0 Å². The van der Waals surface area contributed by atoms with Crippen LogP contribution < -0.4 is 0 Å². The maximum atomic E-state index is 4.96. The van der Waals surface area contributed by atoms with Crippen molar-refractivity contribution in [1.82, 2.24) is 0 Å². The van der Waals surface area contributed by atoms with Crippen LogP contribution in [0.3, 0.4) is 0 Å². The molecule has 0 N–H and O–H groups in total. The van der Waals surface area contributed by atoms with Gasteiger partial charge in [0.15, 0.2) is 0 Å². The van der Waals surface area contributed by atoms with E-state index in [2.05, 4.69) is 60.3 Å². The van der Waals surface area contributed by atoms with Gasteiger partial charge in [0.1, 0.15) is 0 Å². The van der Waals surface area contributed by atoms with E-state index in [1.807, 2.05) is 38.1 Å². The lowest BCUT2D eigenvalue weighted by atomic mass is 10.0. The summed E-state index contributed by atoms with van der Waals surface area (Å²) < 4.78 is 0. The molecular formula is C22H19NS. The summed E-state index contributed by atoms with van der Waals surface area (Å²) in [6, 6.07) is 16.7. The van der Waals surface area contributed by atoms with E-state index >= 15 is 0 Å². The van der Waals surface area contributed by atoms with Gasteiger partial charge in [-0.15, -0.1) is 5.73 Å². The molecule has 4 rings (SSSR count). The van der Waals surface area contributed by atoms with Crippen LogP contribution in [0.2, 0.25) is 0 Å². The summed E-state index contributed by atoms with van der Waals surface area (Å²) >= 11 is 1.78. The lowest BCUT2D eigenvalue weighted by Gasteiger charge is -2.09. The van der Waals surface area contributed by atoms with Crippen LogP contribution in [-0.4, -0.2) is 5.71 Å². The predicted molar refractivity (Wildman–Crippen MR) is 104 cm³/mol. The Morgan fingerprint density at radius 2 is 1.62 bits per heavy atom. The van der Waals surface area contributed by atoms with Gasteiger partial charge in [-0.3, -0.25) is 0 Å². The lowest BCUT2D eigenvalue weighted by Crippen LogP contribution is -2.04. The maximum absolute atomic E-state index is 4.96. The highest BCUT2D eigenvalue weighted by atomic mass is 32.2. The van der Waals surface area contributed by atoms with E-state index in [4.69, 9.17) is 4.99 Å². The van der Waals surface area contributed by atoms with Gasteiger partial charge in [0.05, 0.1) is 11.4 Å². The Labute approximate surface area is 147 Å². The topological polar surface area (TPSA) is 12.4 Å². The van der Waals surface area contributed by atoms with Crippen molar-refractivity contribution in [3.8, 4) is 0 Å². The van der Waals surface area contributed by atoms with Crippen LogP contribution in [0.5, 0.6) is 0 Å². The van der Waals surface area contributed by atoms with E-state index in [-0.39, 0.29) is 0 Å². The number of fused-ring (bicyclic) bond motifs is 2. The third-order valence-corrected chi connectivity index (χ3v) is 4.70. The number of rotatable bonds is 1. The zero-order valence-corrected chi connectivity index (χ0v) is 14.7. The molecule has 118 valence electrons. The zero-order chi connectivity index (χ0) is 16.8. The first kappa shape index (κ1) is 16.3. The molecular weight excluding hydrogens is 310 g/mol. The molecule has 2 heteroatoms. The summed E-state index contributed by atoms with van der Waals surface area (Å²) in [6.07, 6.45) is 10.0. The summed E-state index contributed by atoms with van der Waals surface area (Å²) in [6.45, 7) is 4.00. The summed E-state index contributed by atoms with van der Waals surface area (Å²) in [4.78, 5) is 7.39. The fraction of sp³-hybridized carbons (Fsp3) is 0.0909. The third kappa shape index (κ3) is 3.35. The summed E-state index contributed by atoms with van der Waals surface area (Å²) in [5.41, 5.74) is 7.41. The van der Waals surface area contributed by atoms with Gasteiger partial charge in [0, 0.05) is 20.9 Å². The molecule has 2 aromatic carbocycles. The van der Waals surface area contributed by atoms with Crippen LogP contribution >= 0.6 is 11.8 Å². The van der Waals surface area contributed by atoms with Crippen LogP contribution in [0, 0.1) is 0 Å². The van der Waals surface area contributed by atoms with Gasteiger partial charge in [0.2, 0.25) is 0 Å². The van der Waals surface area contributed by atoms with Crippen molar-refractivity contribution >= 4 is 23.2 Å². The van der Waals surface area contributed by atoms with E-state index in [0.717, 1.165) is 17.0 Å². The van der Waals surface area contributed by atoms with Crippen molar-refractivity contribution in [1.29, 1.82) is 0 Å². The molecule has 0 aromatic heterocycles. The van der Waals surface area contributed by atoms with E-state index in [1.54, 1.807) is 11.8 Å². The Hall–Kier alpha value is -2.54. The van der Waals surface area contributed by atoms with Gasteiger partial charge in [-0.25, -0.2) is 4.99 Å². The molecule has 0 saturated carbocycles. The first-order valence-electron chi connectivity index (χ1n) is 8.16. The van der Waals surface area contributed by atoms with Crippen molar-refractivity contribution in [2.45, 2.75) is 23.6 Å². The largest absolute Gasteiger partial charge is 0.247 e. The van der Waals surface area contributed by atoms with Crippen LogP contribution in [0.25, 0.3) is 0 Å². The monoisotopic (exact) mass is 329 g/mol. The van der Waals surface area contributed by atoms with Gasteiger partial charge in [-0.2, -0.15) is 0 Å². The van der Waals surface area contributed by atoms with Gasteiger partial charge < -0.3 is 0 Å². The first-order valence-corrected chi connectivity index (χ1v) is 8.98. The normalized spacial score (nSPS) is 14.2. The zero-order valence-electron chi connectivity index (χ0n) is 13.9. The molecule has 24 heavy (non-hydrogen) atoms. The van der Waals surface area contributed by atoms with Crippen LogP contribution in [0.1, 0.15) is 19.4 Å². The summed E-state index contributed by atoms with van der Waals surface area (Å²) in [5.74, 6) is 0. The van der Waals surface area contributed by atoms with E-state index in [1.165, 1.54) is 15.4 Å². The predicted octanol–water partition coefficient (Wildman–Crippen LogP) is 6.51. The average molecular weight is 329 g/mol. The highest BCUT2D eigenvalue weighted by Gasteiger charge is 2.18. The number of aliphatic imine (C=N–C) groups is 1. The highest BCUT2D eigenvalue weighted by molar-refractivity contribution is 7.99. The minimum atomic E-state index is 1.01. The minimum absolute atomic E-state index is 1.01. The Morgan fingerprint density at radius 1 is 0.875 bits per heavy atom. The van der Waals surface area contributed by atoms with Crippen molar-refractivity contribution in [3.63, 3.8) is 0 Å². The van der Waals surface area contributed by atoms with Crippen LogP contribution in [-0.2, 0) is 0 Å². The Balaban J connectivity index is 0.000000815. The summed E-state index contributed by atoms with van der Waals surface area (Å²) in [7, 11) is 0. The number of benzene rings is 2. The SMILES string of the molecule is C1=CC=CC(C2=Nc3ccccc3Sc3ccccc32)=CC=1.CC. The van der Waals surface area contributed by atoms with Gasteiger partial charge in [-0.1, -0.05) is 68.1 Å². The average Bonchev–Trinajstić information content (AvgIpc) is 3.00. The minimum Gasteiger partial charge on any atom is -0.247 e. The standard InChI is InChI=1S/C20H13NS.C2H6/c1-2-4-10-15(9-3-1)20-16-11-5-7-13-18(16)22-19-14-8-6-12-17(19)21-20;1-2/h1,3-14H;1-2H3. The number of para-hydroxylation sites is 1. The number of nitrogens with zero attached hydrogens (tertiary/aromatic N) is 1. The molecule has 0 bridgehead atoms. The Morgan fingerprint density at radius 3 is 2.50 bits per heavy atom. The second-order valence-electron chi connectivity index (χ2n) is 5.01. The number of hydrogen-bond donors (Lipinski definition) is 0. The smallest absolute Gasteiger partial charge is 0.0793 e. The van der Waals surface area contributed by atoms with Gasteiger partial charge in [-0.05, 0) is 36.4 Å². The highest BCUT2D eigenvalue weighted by Crippen LogP contribution is 2.41. The first-order chi connectivity index (χ1) is 11.9. The fourth-order valence-corrected chi connectivity index (χ4v) is 3.54. The molecule has 0 spiro atoms. The van der Waals surface area contributed by atoms with E-state index in [0.29, 0.717) is 0 Å². The van der Waals surface area contributed by atoms with Crippen molar-refractivity contribution in [2.75, 3.05) is 0 Å². The van der Waals surface area contributed by atoms with Crippen molar-refractivity contribution in [3.05, 3.63) is 95.8 Å². The van der Waals surface area contributed by atoms with Crippen molar-refractivity contribution in [2.24, 2.45) is 4.99 Å². The quantitative estimate of drug-likeness (QED) is 0.543. The molecule has 0 unspecified atom stereocenters. The molecule has 1 aliphatic heterocycles. The molecule has 0 saturated heterocycles. The molecule has 2 aliphatic rings. The maximum Gasteiger partial charge on any atom is 0.0793 e. The fourth-order valence-electron chi connectivity index (χ4n) is 2.52. The van der Waals surface area contributed by atoms with Crippen LogP contribution in [0.15, 0.2) is 105 Å². The molecule has 0 atom stereocenters. The van der Waals surface area contributed by atoms with Gasteiger partial charge >= 0.3 is 0 Å². The lowest BCUT2D eigenvalue weighted by molar-refractivity contribution is 1.38. The number of hydrogen-bond acceptors (Lipinski definition) is 2. The molecule has 0 amide bonds. The molecule has 0 fully saturated rings. The molecule has 1 heterocycles. The summed E-state index contributed by atoms with van der Waals surface area (Å²) in [5, 5.41) is 0. The second-order valence-corrected chi connectivity index (χ2v) is 6.09. The van der Waals surface area contributed by atoms with Gasteiger partial charge in [0.25, 0.3) is 0 Å². The molecule has 1 nitrogen and oxygen atoms in total. The molecule has 2 aromatic rings. The Kier molecular flexibility index (Phi) is 5.32. The second kappa shape index (κ2) is 7.83. The number of allylic oxidation sites excluding steroid dienone is 5. The molecule has 1 aliphatic carbocycles. The third-order valence-electron chi connectivity index (χ3n) is 3.56. The molecule has 0 radical (unpaired) electrons. The Bertz CT molecular complexity index is 894.